The van der Waals surface area contributed by atoms with Gasteiger partial charge in [0, 0.05) is 5.56 Å². The van der Waals surface area contributed by atoms with E-state index in [1.165, 1.54) is 0 Å². The van der Waals surface area contributed by atoms with Gasteiger partial charge in [0.15, 0.2) is 0 Å². The van der Waals surface area contributed by atoms with Crippen LogP contribution in [0.25, 0.3) is 0 Å². The first kappa shape index (κ1) is 21.1. The lowest BCUT2D eigenvalue weighted by atomic mass is 9.99. The minimum atomic E-state index is -0.232. The number of nitrogens with one attached hydrogen (secondary N) is 1. The predicted molar refractivity (Wildman–Crippen MR) is 128 cm³/mol. The van der Waals surface area contributed by atoms with E-state index in [1.807, 2.05) is 97.1 Å². The van der Waals surface area contributed by atoms with Crippen molar-refractivity contribution in [2.45, 2.75) is 13.0 Å². The van der Waals surface area contributed by atoms with Crippen LogP contribution in [0.4, 0.5) is 0 Å². The summed E-state index contributed by atoms with van der Waals surface area (Å²) in [4.78, 5) is 12.7. The van der Waals surface area contributed by atoms with Gasteiger partial charge >= 0.3 is 0 Å². The number of benzene rings is 4. The summed E-state index contributed by atoms with van der Waals surface area (Å²) in [7, 11) is 0. The number of hydrogen-bond donors (Lipinski definition) is 1. The molecule has 0 unspecified atom stereocenters. The Morgan fingerprint density at radius 1 is 0.781 bits per heavy atom. The summed E-state index contributed by atoms with van der Waals surface area (Å²) >= 11 is 0. The fourth-order valence-electron chi connectivity index (χ4n) is 3.36. The number of nitrogens with zero attached hydrogens (tertiary/aromatic N) is 1. The minimum absolute atomic E-state index is 0.232. The fraction of sp³-hybridized carbons (Fsp3) is 0.0714. The quantitative estimate of drug-likeness (QED) is 0.297. The third-order valence-electron chi connectivity index (χ3n) is 4.99. The Morgan fingerprint density at radius 3 is 2.25 bits per heavy atom. The standard InChI is InChI=1S/C28H24N2O2/c31-28(27-17-8-7-15-25(27)18-22-10-3-1-4-11-22)30-29-20-24-14-9-16-26(19-24)32-21-23-12-5-2-6-13-23/h1-17,19-20H,18,21H2,(H,30,31)/b29-20+. The molecule has 0 saturated heterocycles. The molecule has 0 aliphatic rings. The van der Waals surface area contributed by atoms with Crippen molar-refractivity contribution in [2.24, 2.45) is 5.10 Å². The van der Waals surface area contributed by atoms with Crippen LogP contribution >= 0.6 is 0 Å². The molecule has 0 aromatic heterocycles. The van der Waals surface area contributed by atoms with Crippen LogP contribution < -0.4 is 10.2 Å². The number of ether oxygens (including phenoxy) is 1. The average Bonchev–Trinajstić information content (AvgIpc) is 2.85. The number of hydrazone groups is 1. The van der Waals surface area contributed by atoms with Crippen LogP contribution in [0.2, 0.25) is 0 Å². The molecule has 32 heavy (non-hydrogen) atoms. The van der Waals surface area contributed by atoms with Gasteiger partial charge in [0.25, 0.3) is 5.91 Å². The summed E-state index contributed by atoms with van der Waals surface area (Å²) in [6.45, 7) is 0.496. The first-order chi connectivity index (χ1) is 15.8. The molecule has 0 radical (unpaired) electrons. The topological polar surface area (TPSA) is 50.7 Å². The molecule has 0 fully saturated rings. The third-order valence-corrected chi connectivity index (χ3v) is 4.99. The van der Waals surface area contributed by atoms with Crippen molar-refractivity contribution in [3.63, 3.8) is 0 Å². The van der Waals surface area contributed by atoms with Crippen molar-refractivity contribution < 1.29 is 9.53 Å². The van der Waals surface area contributed by atoms with Crippen LogP contribution in [0.1, 0.15) is 32.6 Å². The first-order valence-corrected chi connectivity index (χ1v) is 10.5. The highest BCUT2D eigenvalue weighted by atomic mass is 16.5. The van der Waals surface area contributed by atoms with Gasteiger partial charge in [-0.15, -0.1) is 0 Å². The lowest BCUT2D eigenvalue weighted by molar-refractivity contribution is 0.0954. The first-order valence-electron chi connectivity index (χ1n) is 10.5. The molecular formula is C28H24N2O2. The second kappa shape index (κ2) is 10.7. The van der Waals surface area contributed by atoms with Gasteiger partial charge in [0.05, 0.1) is 6.21 Å². The molecule has 0 bridgehead atoms. The monoisotopic (exact) mass is 420 g/mol. The maximum atomic E-state index is 12.7. The van der Waals surface area contributed by atoms with Crippen molar-refractivity contribution >= 4 is 12.1 Å². The molecule has 1 N–H and O–H groups in total. The van der Waals surface area contributed by atoms with Gasteiger partial charge in [-0.3, -0.25) is 4.79 Å². The molecule has 4 aromatic carbocycles. The number of hydrogen-bond acceptors (Lipinski definition) is 3. The third kappa shape index (κ3) is 5.92. The minimum Gasteiger partial charge on any atom is -0.489 e. The maximum absolute atomic E-state index is 12.7. The van der Waals surface area contributed by atoms with Crippen LogP contribution in [0, 0.1) is 0 Å². The molecule has 0 aliphatic carbocycles. The lowest BCUT2D eigenvalue weighted by Crippen LogP contribution is -2.19. The highest BCUT2D eigenvalue weighted by Crippen LogP contribution is 2.16. The van der Waals surface area contributed by atoms with E-state index in [1.54, 1.807) is 6.21 Å². The average molecular weight is 421 g/mol. The van der Waals surface area contributed by atoms with Gasteiger partial charge in [-0.1, -0.05) is 91.0 Å². The van der Waals surface area contributed by atoms with E-state index in [-0.39, 0.29) is 5.91 Å². The van der Waals surface area contributed by atoms with Gasteiger partial charge < -0.3 is 4.74 Å². The van der Waals surface area contributed by atoms with E-state index in [4.69, 9.17) is 4.74 Å². The summed E-state index contributed by atoms with van der Waals surface area (Å²) in [6, 6.07) is 35.3. The van der Waals surface area contributed by atoms with Crippen molar-refractivity contribution in [1.29, 1.82) is 0 Å². The molecule has 0 heterocycles. The Labute approximate surface area is 188 Å². The van der Waals surface area contributed by atoms with E-state index >= 15 is 0 Å². The number of carbonyl (C=O) groups is 1. The molecule has 4 nitrogen and oxygen atoms in total. The molecule has 0 aliphatic heterocycles. The van der Waals surface area contributed by atoms with Crippen LogP contribution in [0.3, 0.4) is 0 Å². The van der Waals surface area contributed by atoms with Crippen molar-refractivity contribution in [2.75, 3.05) is 0 Å². The Balaban J connectivity index is 1.38. The Hall–Kier alpha value is -4.18. The zero-order valence-electron chi connectivity index (χ0n) is 17.6. The highest BCUT2D eigenvalue weighted by molar-refractivity contribution is 5.96. The molecule has 0 saturated carbocycles. The normalized spacial score (nSPS) is 10.8. The summed E-state index contributed by atoms with van der Waals surface area (Å²) in [5.41, 5.74) is 7.32. The Bertz CT molecular complexity index is 1190. The molecule has 4 aromatic rings. The van der Waals surface area contributed by atoms with Gasteiger partial charge in [0.1, 0.15) is 12.4 Å². The summed E-state index contributed by atoms with van der Waals surface area (Å²) in [6.07, 6.45) is 2.31. The molecule has 1 amide bonds. The second-order valence-electron chi connectivity index (χ2n) is 7.37. The molecule has 4 rings (SSSR count). The van der Waals surface area contributed by atoms with Gasteiger partial charge in [0.2, 0.25) is 0 Å². The summed E-state index contributed by atoms with van der Waals surface area (Å²) in [5, 5.41) is 4.15. The number of rotatable bonds is 8. The largest absolute Gasteiger partial charge is 0.489 e. The fourth-order valence-corrected chi connectivity index (χ4v) is 3.36. The van der Waals surface area contributed by atoms with E-state index in [2.05, 4.69) is 22.7 Å². The van der Waals surface area contributed by atoms with Crippen LogP contribution in [-0.4, -0.2) is 12.1 Å². The smallest absolute Gasteiger partial charge is 0.271 e. The second-order valence-corrected chi connectivity index (χ2v) is 7.37. The summed E-state index contributed by atoms with van der Waals surface area (Å²) < 4.78 is 5.85. The molecule has 0 spiro atoms. The van der Waals surface area contributed by atoms with Crippen LogP contribution in [0.15, 0.2) is 114 Å². The van der Waals surface area contributed by atoms with Crippen LogP contribution in [-0.2, 0) is 13.0 Å². The van der Waals surface area contributed by atoms with Crippen molar-refractivity contribution in [3.05, 3.63) is 137 Å². The SMILES string of the molecule is O=C(N/N=C/c1cccc(OCc2ccccc2)c1)c1ccccc1Cc1ccccc1. The molecule has 158 valence electrons. The van der Waals surface area contributed by atoms with Crippen molar-refractivity contribution in [3.8, 4) is 5.75 Å². The lowest BCUT2D eigenvalue weighted by Gasteiger charge is -2.08. The number of carbonyl (C=O) groups excluding carboxylic acids is 1. The Morgan fingerprint density at radius 2 is 1.47 bits per heavy atom. The van der Waals surface area contributed by atoms with E-state index < -0.39 is 0 Å². The summed E-state index contributed by atoms with van der Waals surface area (Å²) in [5.74, 6) is 0.515. The highest BCUT2D eigenvalue weighted by Gasteiger charge is 2.10. The number of amides is 1. The zero-order valence-corrected chi connectivity index (χ0v) is 17.6. The van der Waals surface area contributed by atoms with E-state index in [0.717, 1.165) is 28.0 Å². The molecule has 4 heteroatoms. The van der Waals surface area contributed by atoms with Crippen molar-refractivity contribution in [1.82, 2.24) is 5.43 Å². The molecule has 0 atom stereocenters. The van der Waals surface area contributed by atoms with Crippen LogP contribution in [0.5, 0.6) is 5.75 Å². The van der Waals surface area contributed by atoms with E-state index in [0.29, 0.717) is 18.6 Å². The van der Waals surface area contributed by atoms with E-state index in [9.17, 15) is 4.79 Å². The Kier molecular flexibility index (Phi) is 7.06. The van der Waals surface area contributed by atoms with Gasteiger partial charge in [-0.25, -0.2) is 5.43 Å². The zero-order chi connectivity index (χ0) is 22.0. The van der Waals surface area contributed by atoms with Gasteiger partial charge in [-0.2, -0.15) is 5.10 Å². The van der Waals surface area contributed by atoms with Gasteiger partial charge in [-0.05, 0) is 46.9 Å². The molecular weight excluding hydrogens is 396 g/mol. The maximum Gasteiger partial charge on any atom is 0.271 e. The predicted octanol–water partition coefficient (Wildman–Crippen LogP) is 5.62.